The third kappa shape index (κ3) is 3.19. The van der Waals surface area contributed by atoms with Crippen molar-refractivity contribution in [2.75, 3.05) is 19.4 Å². The topological polar surface area (TPSA) is 55.6 Å². The molecule has 2 rings (SSSR count). The van der Waals surface area contributed by atoms with Gasteiger partial charge >= 0.3 is 0 Å². The van der Waals surface area contributed by atoms with Crippen LogP contribution in [0, 0.1) is 0 Å². The summed E-state index contributed by atoms with van der Waals surface area (Å²) in [6.45, 7) is 2.95. The fraction of sp³-hybridized carbons (Fsp3) is 0.533. The van der Waals surface area contributed by atoms with Gasteiger partial charge in [-0.05, 0) is 37.5 Å². The minimum Gasteiger partial charge on any atom is -0.497 e. The summed E-state index contributed by atoms with van der Waals surface area (Å²) in [7, 11) is 1.59. The van der Waals surface area contributed by atoms with Gasteiger partial charge in [0.1, 0.15) is 5.75 Å². The lowest BCUT2D eigenvalue weighted by atomic mass is 10.1. The number of hydrogen-bond donors (Lipinski definition) is 1. The standard InChI is InChI=1S/C15H22N2O2/c1-3-4-9-17(11-5-6-11)15(18)13-10-12(19-2)7-8-14(13)16/h7-8,10-11H,3-6,9,16H2,1-2H3. The molecule has 19 heavy (non-hydrogen) atoms. The second kappa shape index (κ2) is 5.95. The average Bonchev–Trinajstić information content (AvgIpc) is 3.24. The van der Waals surface area contributed by atoms with Crippen LogP contribution < -0.4 is 10.5 Å². The molecule has 0 heterocycles. The van der Waals surface area contributed by atoms with Crippen molar-refractivity contribution in [2.45, 2.75) is 38.6 Å². The van der Waals surface area contributed by atoms with Crippen LogP contribution in [0.25, 0.3) is 0 Å². The number of benzene rings is 1. The van der Waals surface area contributed by atoms with Gasteiger partial charge in [0.15, 0.2) is 0 Å². The van der Waals surface area contributed by atoms with Crippen LogP contribution in [-0.4, -0.2) is 30.5 Å². The smallest absolute Gasteiger partial charge is 0.256 e. The second-order valence-corrected chi connectivity index (χ2v) is 5.04. The molecular formula is C15H22N2O2. The number of hydrogen-bond acceptors (Lipinski definition) is 3. The van der Waals surface area contributed by atoms with E-state index in [0.29, 0.717) is 23.0 Å². The highest BCUT2D eigenvalue weighted by molar-refractivity contribution is 5.99. The molecular weight excluding hydrogens is 240 g/mol. The number of anilines is 1. The van der Waals surface area contributed by atoms with E-state index >= 15 is 0 Å². The second-order valence-electron chi connectivity index (χ2n) is 5.04. The number of methoxy groups -OCH3 is 1. The lowest BCUT2D eigenvalue weighted by molar-refractivity contribution is 0.0741. The van der Waals surface area contributed by atoms with Gasteiger partial charge in [0.25, 0.3) is 5.91 Å². The molecule has 0 radical (unpaired) electrons. The fourth-order valence-electron chi connectivity index (χ4n) is 2.17. The summed E-state index contributed by atoms with van der Waals surface area (Å²) in [6.07, 6.45) is 4.34. The van der Waals surface area contributed by atoms with Crippen molar-refractivity contribution < 1.29 is 9.53 Å². The molecule has 4 heteroatoms. The van der Waals surface area contributed by atoms with E-state index in [1.54, 1.807) is 25.3 Å². The molecule has 2 N–H and O–H groups in total. The number of nitrogen functional groups attached to an aromatic ring is 1. The number of rotatable bonds is 6. The number of ether oxygens (including phenoxy) is 1. The first-order chi connectivity index (χ1) is 9.17. The van der Waals surface area contributed by atoms with Gasteiger partial charge in [0.2, 0.25) is 0 Å². The van der Waals surface area contributed by atoms with Crippen LogP contribution in [0.15, 0.2) is 18.2 Å². The maximum atomic E-state index is 12.6. The SMILES string of the molecule is CCCCN(C(=O)c1cc(OC)ccc1N)C1CC1. The predicted octanol–water partition coefficient (Wildman–Crippen LogP) is 2.68. The van der Waals surface area contributed by atoms with Crippen molar-refractivity contribution in [3.63, 3.8) is 0 Å². The Morgan fingerprint density at radius 3 is 2.79 bits per heavy atom. The number of nitrogens with two attached hydrogens (primary N) is 1. The average molecular weight is 262 g/mol. The van der Waals surface area contributed by atoms with Crippen LogP contribution in [0.2, 0.25) is 0 Å². The largest absolute Gasteiger partial charge is 0.497 e. The predicted molar refractivity (Wildman–Crippen MR) is 76.4 cm³/mol. The Kier molecular flexibility index (Phi) is 4.30. The number of carbonyl (C=O) groups excluding carboxylic acids is 1. The summed E-state index contributed by atoms with van der Waals surface area (Å²) >= 11 is 0. The van der Waals surface area contributed by atoms with E-state index in [-0.39, 0.29) is 5.91 Å². The van der Waals surface area contributed by atoms with Crippen molar-refractivity contribution in [3.05, 3.63) is 23.8 Å². The van der Waals surface area contributed by atoms with E-state index < -0.39 is 0 Å². The molecule has 1 amide bonds. The molecule has 1 aliphatic carbocycles. The molecule has 0 atom stereocenters. The van der Waals surface area contributed by atoms with Crippen molar-refractivity contribution in [1.29, 1.82) is 0 Å². The van der Waals surface area contributed by atoms with Crippen molar-refractivity contribution in [2.24, 2.45) is 0 Å². The van der Waals surface area contributed by atoms with Crippen LogP contribution in [0.5, 0.6) is 5.75 Å². The third-order valence-corrected chi connectivity index (χ3v) is 3.49. The first kappa shape index (κ1) is 13.7. The fourth-order valence-corrected chi connectivity index (χ4v) is 2.17. The molecule has 0 aliphatic heterocycles. The number of nitrogens with zero attached hydrogens (tertiary/aromatic N) is 1. The van der Waals surface area contributed by atoms with Crippen molar-refractivity contribution >= 4 is 11.6 Å². The Labute approximate surface area is 114 Å². The molecule has 0 spiro atoms. The number of unbranched alkanes of at least 4 members (excludes halogenated alkanes) is 1. The van der Waals surface area contributed by atoms with E-state index in [1.807, 2.05) is 4.90 Å². The highest BCUT2D eigenvalue weighted by Crippen LogP contribution is 2.30. The number of carbonyl (C=O) groups is 1. The third-order valence-electron chi connectivity index (χ3n) is 3.49. The first-order valence-corrected chi connectivity index (χ1v) is 6.91. The highest BCUT2D eigenvalue weighted by atomic mass is 16.5. The summed E-state index contributed by atoms with van der Waals surface area (Å²) in [5.41, 5.74) is 7.01. The molecule has 4 nitrogen and oxygen atoms in total. The Hall–Kier alpha value is -1.71. The van der Waals surface area contributed by atoms with Gasteiger partial charge in [-0.3, -0.25) is 4.79 Å². The first-order valence-electron chi connectivity index (χ1n) is 6.91. The summed E-state index contributed by atoms with van der Waals surface area (Å²) in [4.78, 5) is 14.6. The van der Waals surface area contributed by atoms with E-state index in [9.17, 15) is 4.79 Å². The molecule has 1 saturated carbocycles. The zero-order valence-corrected chi connectivity index (χ0v) is 11.7. The van der Waals surface area contributed by atoms with Crippen LogP contribution in [-0.2, 0) is 0 Å². The van der Waals surface area contributed by atoms with Crippen LogP contribution in [0.3, 0.4) is 0 Å². The van der Waals surface area contributed by atoms with Crippen LogP contribution in [0.1, 0.15) is 43.0 Å². The van der Waals surface area contributed by atoms with Crippen molar-refractivity contribution in [1.82, 2.24) is 4.90 Å². The van der Waals surface area contributed by atoms with E-state index in [1.165, 1.54) is 0 Å². The zero-order chi connectivity index (χ0) is 13.8. The molecule has 1 aromatic carbocycles. The highest BCUT2D eigenvalue weighted by Gasteiger charge is 2.33. The van der Waals surface area contributed by atoms with Gasteiger partial charge in [-0.1, -0.05) is 13.3 Å². The maximum absolute atomic E-state index is 12.6. The van der Waals surface area contributed by atoms with E-state index in [4.69, 9.17) is 10.5 Å². The normalized spacial score (nSPS) is 14.2. The molecule has 104 valence electrons. The van der Waals surface area contributed by atoms with Gasteiger partial charge in [-0.2, -0.15) is 0 Å². The molecule has 1 aromatic rings. The van der Waals surface area contributed by atoms with Gasteiger partial charge < -0.3 is 15.4 Å². The van der Waals surface area contributed by atoms with Gasteiger partial charge in [0.05, 0.1) is 12.7 Å². The zero-order valence-electron chi connectivity index (χ0n) is 11.7. The van der Waals surface area contributed by atoms with Gasteiger partial charge in [-0.25, -0.2) is 0 Å². The maximum Gasteiger partial charge on any atom is 0.256 e. The van der Waals surface area contributed by atoms with Crippen LogP contribution >= 0.6 is 0 Å². The van der Waals surface area contributed by atoms with E-state index in [0.717, 1.165) is 32.2 Å². The summed E-state index contributed by atoms with van der Waals surface area (Å²) in [5, 5.41) is 0. The minimum atomic E-state index is 0.0346. The Morgan fingerprint density at radius 1 is 1.47 bits per heavy atom. The summed E-state index contributed by atoms with van der Waals surface area (Å²) < 4.78 is 5.17. The summed E-state index contributed by atoms with van der Waals surface area (Å²) in [5.74, 6) is 0.705. The van der Waals surface area contributed by atoms with Crippen molar-refractivity contribution in [3.8, 4) is 5.75 Å². The van der Waals surface area contributed by atoms with Gasteiger partial charge in [-0.15, -0.1) is 0 Å². The number of amides is 1. The monoisotopic (exact) mass is 262 g/mol. The van der Waals surface area contributed by atoms with E-state index in [2.05, 4.69) is 6.92 Å². The lowest BCUT2D eigenvalue weighted by Gasteiger charge is -2.23. The van der Waals surface area contributed by atoms with Crippen LogP contribution in [0.4, 0.5) is 5.69 Å². The summed E-state index contributed by atoms with van der Waals surface area (Å²) in [6, 6.07) is 5.65. The Balaban J connectivity index is 2.20. The molecule has 0 aromatic heterocycles. The quantitative estimate of drug-likeness (QED) is 0.802. The molecule has 1 fully saturated rings. The Morgan fingerprint density at radius 2 is 2.21 bits per heavy atom. The molecule has 0 unspecified atom stereocenters. The molecule has 0 bridgehead atoms. The molecule has 0 saturated heterocycles. The lowest BCUT2D eigenvalue weighted by Crippen LogP contribution is -2.34. The minimum absolute atomic E-state index is 0.0346. The Bertz CT molecular complexity index is 455. The van der Waals surface area contributed by atoms with Gasteiger partial charge in [0, 0.05) is 18.3 Å². The molecule has 1 aliphatic rings.